The maximum atomic E-state index is 8.07. The molecule has 3 aromatic heterocycles. The van der Waals surface area contributed by atoms with Crippen LogP contribution in [0.3, 0.4) is 0 Å². The molecule has 0 spiro atoms. The van der Waals surface area contributed by atoms with E-state index in [0.29, 0.717) is 31.3 Å². The Hall–Kier alpha value is -3.22. The second-order valence-corrected chi connectivity index (χ2v) is 9.38. The van der Waals surface area contributed by atoms with Crippen molar-refractivity contribution < 1.29 is 5.11 Å². The number of aromatic amines is 1. The molecular formula is C26H36N8O. The molecule has 35 heavy (non-hydrogen) atoms. The molecule has 0 radical (unpaired) electrons. The summed E-state index contributed by atoms with van der Waals surface area (Å²) in [6, 6.07) is 9.46. The van der Waals surface area contributed by atoms with Crippen molar-refractivity contribution in [2.75, 3.05) is 30.3 Å². The van der Waals surface area contributed by atoms with E-state index >= 15 is 0 Å². The molecule has 9 heteroatoms. The number of piperidine rings is 1. The average Bonchev–Trinajstić information content (AvgIpc) is 3.37. The van der Waals surface area contributed by atoms with E-state index < -0.39 is 0 Å². The Labute approximate surface area is 207 Å². The number of rotatable bonds is 8. The van der Waals surface area contributed by atoms with Crippen LogP contribution in [0.5, 0.6) is 0 Å². The number of fused-ring (bicyclic) bond motifs is 3. The fraction of sp³-hybridized carbons (Fsp3) is 0.538. The van der Waals surface area contributed by atoms with Gasteiger partial charge < -0.3 is 20.6 Å². The van der Waals surface area contributed by atoms with E-state index in [1.54, 1.807) is 0 Å². The smallest absolute Gasteiger partial charge is 0.227 e. The predicted molar refractivity (Wildman–Crippen MR) is 140 cm³/mol. The lowest BCUT2D eigenvalue weighted by molar-refractivity contribution is 0.139. The summed E-state index contributed by atoms with van der Waals surface area (Å²) in [6.07, 6.45) is 8.50. The van der Waals surface area contributed by atoms with Crippen LogP contribution in [0.15, 0.2) is 30.5 Å². The summed E-state index contributed by atoms with van der Waals surface area (Å²) in [5.74, 6) is 2.34. The number of hydrogen-bond donors (Lipinski definition) is 4. The summed E-state index contributed by atoms with van der Waals surface area (Å²) in [7, 11) is 0. The topological polar surface area (TPSA) is 106 Å². The number of pyridine rings is 2. The minimum absolute atomic E-state index is 0.344. The first kappa shape index (κ1) is 24.9. The molecule has 3 atom stereocenters. The van der Waals surface area contributed by atoms with E-state index in [0.717, 1.165) is 66.3 Å². The first-order valence-corrected chi connectivity index (χ1v) is 12.6. The van der Waals surface area contributed by atoms with Crippen molar-refractivity contribution in [2.45, 2.75) is 70.5 Å². The Balaban J connectivity index is 0.000000527. The van der Waals surface area contributed by atoms with Crippen LogP contribution in [0.1, 0.15) is 51.1 Å². The van der Waals surface area contributed by atoms with Gasteiger partial charge in [-0.05, 0) is 51.2 Å². The van der Waals surface area contributed by atoms with Crippen molar-refractivity contribution in [1.82, 2.24) is 25.1 Å². The van der Waals surface area contributed by atoms with Crippen LogP contribution in [0.4, 0.5) is 17.5 Å². The molecule has 9 nitrogen and oxygen atoms in total. The molecule has 3 aromatic rings. The highest BCUT2D eigenvalue weighted by Gasteiger charge is 2.40. The fourth-order valence-corrected chi connectivity index (χ4v) is 5.14. The molecule has 0 aliphatic carbocycles. The molecule has 5 rings (SSSR count). The Kier molecular flexibility index (Phi) is 8.50. The maximum Gasteiger partial charge on any atom is 0.227 e. The fourth-order valence-electron chi connectivity index (χ4n) is 5.14. The van der Waals surface area contributed by atoms with Gasteiger partial charge in [-0.3, -0.25) is 15.0 Å². The van der Waals surface area contributed by atoms with Crippen LogP contribution in [-0.4, -0.2) is 68.0 Å². The van der Waals surface area contributed by atoms with Gasteiger partial charge in [0.25, 0.3) is 0 Å². The Bertz CT molecular complexity index is 1120. The van der Waals surface area contributed by atoms with E-state index in [1.165, 1.54) is 12.8 Å². The molecule has 0 saturated carbocycles. The largest absolute Gasteiger partial charge is 0.396 e. The number of aliphatic hydroxyl groups is 1. The zero-order valence-electron chi connectivity index (χ0n) is 20.7. The normalized spacial score (nSPS) is 21.3. The lowest BCUT2D eigenvalue weighted by Gasteiger charge is -2.38. The lowest BCUT2D eigenvalue weighted by Crippen LogP contribution is -2.47. The van der Waals surface area contributed by atoms with Crippen LogP contribution in [0.2, 0.25) is 0 Å². The van der Waals surface area contributed by atoms with Crippen LogP contribution in [0.25, 0.3) is 15.7 Å². The van der Waals surface area contributed by atoms with E-state index in [4.69, 9.17) is 16.7 Å². The van der Waals surface area contributed by atoms with Gasteiger partial charge in [-0.1, -0.05) is 13.3 Å². The van der Waals surface area contributed by atoms with E-state index in [2.05, 4.69) is 48.5 Å². The van der Waals surface area contributed by atoms with Gasteiger partial charge in [0.05, 0.1) is 12.1 Å². The van der Waals surface area contributed by atoms with Gasteiger partial charge in [-0.2, -0.15) is 5.10 Å². The third-order valence-corrected chi connectivity index (χ3v) is 6.77. The summed E-state index contributed by atoms with van der Waals surface area (Å²) in [5.41, 5.74) is 1.90. The van der Waals surface area contributed by atoms with Gasteiger partial charge in [-0.25, -0.2) is 11.6 Å². The second-order valence-electron chi connectivity index (χ2n) is 9.38. The first-order chi connectivity index (χ1) is 17.1. The van der Waals surface area contributed by atoms with Crippen molar-refractivity contribution in [3.8, 4) is 0 Å². The summed E-state index contributed by atoms with van der Waals surface area (Å²) in [5, 5.41) is 23.3. The van der Waals surface area contributed by atoms with E-state index in [-0.39, 0.29) is 0 Å². The first-order valence-electron chi connectivity index (χ1n) is 12.6. The van der Waals surface area contributed by atoms with Gasteiger partial charge in [0, 0.05) is 54.1 Å². The van der Waals surface area contributed by atoms with Crippen molar-refractivity contribution in [3.63, 3.8) is 0 Å². The highest BCUT2D eigenvalue weighted by Crippen LogP contribution is 2.37. The number of anilines is 3. The molecule has 2 fully saturated rings. The minimum Gasteiger partial charge on any atom is -0.396 e. The van der Waals surface area contributed by atoms with Gasteiger partial charge in [0.15, 0.2) is 5.82 Å². The zero-order valence-corrected chi connectivity index (χ0v) is 20.7. The maximum absolute atomic E-state index is 8.07. The quantitative estimate of drug-likeness (QED) is 0.354. The molecule has 4 N–H and O–H groups in total. The zero-order chi connectivity index (χ0) is 24.6. The second kappa shape index (κ2) is 12.0. The number of aliphatic hydroxyl groups excluding tert-OH is 1. The van der Waals surface area contributed by atoms with Gasteiger partial charge in [0.1, 0.15) is 11.6 Å². The number of nitrogens with zero attached hydrogens (tertiary/aromatic N) is 5. The molecule has 0 amide bonds. The molecule has 2 aliphatic rings. The third kappa shape index (κ3) is 6.27. The minimum atomic E-state index is 0.344. The van der Waals surface area contributed by atoms with Gasteiger partial charge in [-0.15, -0.1) is 0 Å². The van der Waals surface area contributed by atoms with Crippen molar-refractivity contribution in [3.05, 3.63) is 47.6 Å². The number of H-pyrrole nitrogens is 1. The number of aromatic nitrogens is 4. The van der Waals surface area contributed by atoms with Crippen LogP contribution in [-0.2, 0) is 0 Å². The number of aryl methyl sites for hydroxylation is 1. The molecular weight excluding hydrogens is 440 g/mol. The highest BCUT2D eigenvalue weighted by molar-refractivity contribution is 5.91. The summed E-state index contributed by atoms with van der Waals surface area (Å²) in [4.78, 5) is 15.5. The number of nitrogens with one attached hydrogen (secondary N) is 3. The van der Waals surface area contributed by atoms with E-state index in [9.17, 15) is 0 Å². The number of hydrogen-bond acceptors (Lipinski definition) is 7. The van der Waals surface area contributed by atoms with Gasteiger partial charge in [0.2, 0.25) is 6.54 Å². The Morgan fingerprint density at radius 3 is 2.66 bits per heavy atom. The van der Waals surface area contributed by atoms with Crippen molar-refractivity contribution >= 4 is 28.4 Å². The number of unbranched alkanes of at least 4 members (excludes halogenated alkanes) is 1. The van der Waals surface area contributed by atoms with Crippen molar-refractivity contribution in [2.24, 2.45) is 0 Å². The molecule has 5 heterocycles. The lowest BCUT2D eigenvalue weighted by atomic mass is 9.97. The molecule has 0 aromatic carbocycles. The molecule has 186 valence electrons. The SMILES string of the molecule is CCCCO.[C-]#[N+]CCN1[C@@H]2CC[C@H]1CC(Nc1nc(Nc3cc(C)[nH]n3)cc3ncccc13)C2. The van der Waals surface area contributed by atoms with Crippen LogP contribution < -0.4 is 10.6 Å². The standard InChI is InChI=1S/C22H26N8.C4H10O/c1-14-10-21(29-28-14)26-20-13-19-18(4-3-7-24-19)22(27-20)25-15-11-16-5-6-17(12-15)30(16)9-8-23-2;1-2-3-4-5/h3-4,7,10,13,15-17H,5-6,8-9,11-12H2,1H3,(H3,25,26,27,28,29);5H,2-4H2,1H3/t15?,16-,17+;. The predicted octanol–water partition coefficient (Wildman–Crippen LogP) is 4.51. The van der Waals surface area contributed by atoms with Crippen LogP contribution >= 0.6 is 0 Å². The summed E-state index contributed by atoms with van der Waals surface area (Å²) in [6.45, 7) is 13.0. The molecule has 1 unspecified atom stereocenters. The summed E-state index contributed by atoms with van der Waals surface area (Å²) < 4.78 is 0. The monoisotopic (exact) mass is 476 g/mol. The average molecular weight is 477 g/mol. The Morgan fingerprint density at radius 1 is 1.23 bits per heavy atom. The van der Waals surface area contributed by atoms with Crippen LogP contribution in [0, 0.1) is 13.5 Å². The van der Waals surface area contributed by atoms with E-state index in [1.807, 2.05) is 31.3 Å². The van der Waals surface area contributed by atoms with Crippen molar-refractivity contribution in [1.29, 1.82) is 0 Å². The molecule has 2 saturated heterocycles. The molecule has 2 bridgehead atoms. The highest BCUT2D eigenvalue weighted by atomic mass is 16.2. The summed E-state index contributed by atoms with van der Waals surface area (Å²) >= 11 is 0. The van der Waals surface area contributed by atoms with Gasteiger partial charge >= 0.3 is 0 Å². The Morgan fingerprint density at radius 2 is 2.03 bits per heavy atom. The molecule has 2 aliphatic heterocycles. The third-order valence-electron chi connectivity index (χ3n) is 6.77.